The van der Waals surface area contributed by atoms with E-state index in [2.05, 4.69) is 10.4 Å². The number of esters is 1. The van der Waals surface area contributed by atoms with Crippen molar-refractivity contribution >= 4 is 39.5 Å². The highest BCUT2D eigenvalue weighted by Gasteiger charge is 2.25. The number of carbonyl (C=O) groups excluding carboxylic acids is 3. The van der Waals surface area contributed by atoms with Crippen molar-refractivity contribution in [2.24, 2.45) is 0 Å². The quantitative estimate of drug-likeness (QED) is 0.516. The zero-order valence-corrected chi connectivity index (χ0v) is 20.1. The molecule has 0 spiro atoms. The van der Waals surface area contributed by atoms with E-state index >= 15 is 0 Å². The Morgan fingerprint density at radius 2 is 1.88 bits per heavy atom. The average molecular weight is 485 g/mol. The summed E-state index contributed by atoms with van der Waals surface area (Å²) in [6, 6.07) is 11.7. The number of benzene rings is 1. The summed E-state index contributed by atoms with van der Waals surface area (Å²) in [5.41, 5.74) is 1.96. The fourth-order valence-corrected chi connectivity index (χ4v) is 5.02. The van der Waals surface area contributed by atoms with Crippen LogP contribution in [-0.2, 0) is 20.8 Å². The Labute approximate surface area is 201 Å². The van der Waals surface area contributed by atoms with Gasteiger partial charge < -0.3 is 19.7 Å². The number of nitrogens with one attached hydrogen (secondary N) is 1. The first-order valence-corrected chi connectivity index (χ1v) is 12.1. The van der Waals surface area contributed by atoms with Crippen LogP contribution < -0.4 is 5.32 Å². The maximum Gasteiger partial charge on any atom is 0.409 e. The van der Waals surface area contributed by atoms with Gasteiger partial charge in [0.1, 0.15) is 9.71 Å². The number of hydrogen-bond donors (Lipinski definition) is 1. The number of likely N-dealkylation sites (tertiary alicyclic amines) is 1. The third-order valence-corrected chi connectivity index (χ3v) is 6.83. The van der Waals surface area contributed by atoms with Gasteiger partial charge in [-0.3, -0.25) is 9.48 Å². The van der Waals surface area contributed by atoms with E-state index < -0.39 is 5.97 Å². The number of hydrogen-bond acceptors (Lipinski definition) is 7. The Morgan fingerprint density at radius 3 is 2.59 bits per heavy atom. The number of ether oxygens (including phenoxy) is 2. The van der Waals surface area contributed by atoms with E-state index in [1.54, 1.807) is 17.9 Å². The van der Waals surface area contributed by atoms with Crippen molar-refractivity contribution in [1.29, 1.82) is 0 Å². The zero-order valence-electron chi connectivity index (χ0n) is 19.3. The van der Waals surface area contributed by atoms with Gasteiger partial charge in [-0.15, -0.1) is 11.3 Å². The molecule has 3 aromatic rings. The van der Waals surface area contributed by atoms with Gasteiger partial charge in [0.05, 0.1) is 18.8 Å². The van der Waals surface area contributed by atoms with Crippen LogP contribution >= 0.6 is 11.3 Å². The fraction of sp³-hybridized carbons (Fsp3) is 0.417. The highest BCUT2D eigenvalue weighted by atomic mass is 32.1. The molecule has 180 valence electrons. The summed E-state index contributed by atoms with van der Waals surface area (Å²) in [4.78, 5) is 39.6. The molecular weight excluding hydrogens is 456 g/mol. The van der Waals surface area contributed by atoms with Crippen LogP contribution in [0.5, 0.6) is 0 Å². The number of fused-ring (bicyclic) bond motifs is 1. The van der Waals surface area contributed by atoms with Crippen LogP contribution in [0.25, 0.3) is 10.2 Å². The first kappa shape index (κ1) is 23.7. The van der Waals surface area contributed by atoms with Crippen molar-refractivity contribution in [2.75, 3.05) is 26.3 Å². The number of amides is 2. The van der Waals surface area contributed by atoms with Crippen LogP contribution in [0.3, 0.4) is 0 Å². The highest BCUT2D eigenvalue weighted by Crippen LogP contribution is 2.29. The Bertz CT molecular complexity index is 1160. The van der Waals surface area contributed by atoms with Crippen LogP contribution in [0.15, 0.2) is 36.4 Å². The molecule has 2 amide bonds. The van der Waals surface area contributed by atoms with Gasteiger partial charge in [-0.25, -0.2) is 9.59 Å². The van der Waals surface area contributed by atoms with Crippen molar-refractivity contribution in [3.8, 4) is 0 Å². The number of thiophene rings is 1. The van der Waals surface area contributed by atoms with Crippen LogP contribution in [0.1, 0.15) is 40.7 Å². The van der Waals surface area contributed by atoms with Crippen molar-refractivity contribution in [2.45, 2.75) is 39.3 Å². The largest absolute Gasteiger partial charge is 0.451 e. The average Bonchev–Trinajstić information content (AvgIpc) is 3.40. The molecule has 3 heterocycles. The third-order valence-electron chi connectivity index (χ3n) is 5.70. The van der Waals surface area contributed by atoms with E-state index in [0.29, 0.717) is 44.0 Å². The van der Waals surface area contributed by atoms with Crippen molar-refractivity contribution in [3.05, 3.63) is 52.5 Å². The van der Waals surface area contributed by atoms with Gasteiger partial charge in [-0.05, 0) is 38.3 Å². The molecule has 0 unspecified atom stereocenters. The molecule has 1 aliphatic heterocycles. The zero-order chi connectivity index (χ0) is 24.1. The minimum Gasteiger partial charge on any atom is -0.451 e. The Morgan fingerprint density at radius 1 is 1.15 bits per heavy atom. The second-order valence-corrected chi connectivity index (χ2v) is 9.19. The summed E-state index contributed by atoms with van der Waals surface area (Å²) >= 11 is 1.31. The minimum absolute atomic E-state index is 0.0622. The molecule has 10 heteroatoms. The molecule has 2 aromatic heterocycles. The Hall–Kier alpha value is -3.40. The Balaban J connectivity index is 1.29. The number of piperidine rings is 1. The van der Waals surface area contributed by atoms with Crippen LogP contribution in [-0.4, -0.2) is 65.0 Å². The lowest BCUT2D eigenvalue weighted by atomic mass is 10.1. The van der Waals surface area contributed by atoms with E-state index in [4.69, 9.17) is 9.47 Å². The molecule has 1 N–H and O–H groups in total. The van der Waals surface area contributed by atoms with Crippen LogP contribution in [0.4, 0.5) is 4.79 Å². The molecule has 1 saturated heterocycles. The molecule has 34 heavy (non-hydrogen) atoms. The fourth-order valence-electron chi connectivity index (χ4n) is 3.97. The second kappa shape index (κ2) is 10.7. The molecule has 1 aliphatic rings. The van der Waals surface area contributed by atoms with E-state index in [1.165, 1.54) is 11.3 Å². The number of carbonyl (C=O) groups is 3. The molecule has 1 aromatic carbocycles. The normalized spacial score (nSPS) is 14.2. The molecule has 0 aliphatic carbocycles. The van der Waals surface area contributed by atoms with Gasteiger partial charge in [0.2, 0.25) is 0 Å². The standard InChI is InChI=1S/C24H28N4O5S/c1-3-32-24(31)27-11-9-18(10-12-27)25-21(29)15-33-23(30)20-13-19-16(2)26-28(22(19)34-20)14-17-7-5-4-6-8-17/h4-8,13,18H,3,9-12,14-15H2,1-2H3,(H,25,29). The molecule has 0 atom stereocenters. The van der Waals surface area contributed by atoms with Crippen LogP contribution in [0.2, 0.25) is 0 Å². The van der Waals surface area contributed by atoms with Gasteiger partial charge in [-0.2, -0.15) is 5.10 Å². The monoisotopic (exact) mass is 484 g/mol. The highest BCUT2D eigenvalue weighted by molar-refractivity contribution is 7.20. The molecule has 4 rings (SSSR count). The van der Waals surface area contributed by atoms with E-state index in [1.807, 2.05) is 41.9 Å². The molecular formula is C24H28N4O5S. The topological polar surface area (TPSA) is 103 Å². The molecule has 0 saturated carbocycles. The lowest BCUT2D eigenvalue weighted by molar-refractivity contribution is -0.125. The predicted octanol–water partition coefficient (Wildman–Crippen LogP) is 3.35. The number of rotatable bonds is 7. The smallest absolute Gasteiger partial charge is 0.409 e. The first-order valence-electron chi connectivity index (χ1n) is 11.3. The third kappa shape index (κ3) is 5.56. The summed E-state index contributed by atoms with van der Waals surface area (Å²) in [5.74, 6) is -0.880. The van der Waals surface area contributed by atoms with Crippen molar-refractivity contribution < 1.29 is 23.9 Å². The van der Waals surface area contributed by atoms with Crippen molar-refractivity contribution in [3.63, 3.8) is 0 Å². The van der Waals surface area contributed by atoms with Gasteiger partial charge in [0.15, 0.2) is 6.61 Å². The second-order valence-electron chi connectivity index (χ2n) is 8.16. The molecule has 9 nitrogen and oxygen atoms in total. The van der Waals surface area contributed by atoms with Crippen LogP contribution in [0, 0.1) is 6.92 Å². The summed E-state index contributed by atoms with van der Waals surface area (Å²) in [5, 5.41) is 8.38. The Kier molecular flexibility index (Phi) is 7.46. The number of nitrogens with zero attached hydrogens (tertiary/aromatic N) is 3. The molecule has 0 bridgehead atoms. The van der Waals surface area contributed by atoms with Gasteiger partial charge in [0, 0.05) is 24.5 Å². The van der Waals surface area contributed by atoms with E-state index in [-0.39, 0.29) is 24.6 Å². The SMILES string of the molecule is CCOC(=O)N1CCC(NC(=O)COC(=O)c2cc3c(C)nn(Cc4ccccc4)c3s2)CC1. The summed E-state index contributed by atoms with van der Waals surface area (Å²) in [7, 11) is 0. The van der Waals surface area contributed by atoms with E-state index in [9.17, 15) is 14.4 Å². The van der Waals surface area contributed by atoms with E-state index in [0.717, 1.165) is 21.5 Å². The molecule has 1 fully saturated rings. The summed E-state index contributed by atoms with van der Waals surface area (Å²) < 4.78 is 12.2. The summed E-state index contributed by atoms with van der Waals surface area (Å²) in [6.45, 7) is 5.32. The number of aryl methyl sites for hydroxylation is 1. The molecule has 0 radical (unpaired) electrons. The lowest BCUT2D eigenvalue weighted by Crippen LogP contribution is -2.47. The number of aromatic nitrogens is 2. The lowest BCUT2D eigenvalue weighted by Gasteiger charge is -2.31. The van der Waals surface area contributed by atoms with Crippen molar-refractivity contribution in [1.82, 2.24) is 20.0 Å². The van der Waals surface area contributed by atoms with Gasteiger partial charge in [-0.1, -0.05) is 30.3 Å². The maximum absolute atomic E-state index is 12.6. The first-order chi connectivity index (χ1) is 16.4. The van der Waals surface area contributed by atoms with Gasteiger partial charge >= 0.3 is 12.1 Å². The minimum atomic E-state index is -0.529. The summed E-state index contributed by atoms with van der Waals surface area (Å²) in [6.07, 6.45) is 0.935. The predicted molar refractivity (Wildman–Crippen MR) is 128 cm³/mol. The van der Waals surface area contributed by atoms with Gasteiger partial charge in [0.25, 0.3) is 5.91 Å². The maximum atomic E-state index is 12.6.